The number of thiophene rings is 1. The maximum Gasteiger partial charge on any atom is 0.341 e. The first-order chi connectivity index (χ1) is 15.4. The number of esters is 1. The number of hydrogen-bond donors (Lipinski definition) is 1. The van der Waals surface area contributed by atoms with Gasteiger partial charge in [-0.3, -0.25) is 9.48 Å². The van der Waals surface area contributed by atoms with Crippen LogP contribution >= 0.6 is 27.3 Å². The van der Waals surface area contributed by atoms with Gasteiger partial charge in [-0.2, -0.15) is 10.2 Å². The Bertz CT molecular complexity index is 1160. The molecule has 1 aliphatic rings. The summed E-state index contributed by atoms with van der Waals surface area (Å²) in [6.45, 7) is 6.62. The van der Waals surface area contributed by atoms with E-state index in [9.17, 15) is 9.59 Å². The maximum absolute atomic E-state index is 12.9. The van der Waals surface area contributed by atoms with Crippen LogP contribution in [-0.4, -0.2) is 38.0 Å². The maximum atomic E-state index is 12.9. The normalized spacial score (nSPS) is 13.1. The highest BCUT2D eigenvalue weighted by Gasteiger charge is 2.28. The molecule has 1 N–H and O–H groups in total. The molecule has 32 heavy (non-hydrogen) atoms. The van der Waals surface area contributed by atoms with Gasteiger partial charge < -0.3 is 10.1 Å². The number of anilines is 1. The first-order valence-corrected chi connectivity index (χ1v) is 12.4. The molecular formula is C22H26BrN5O3S. The molecular weight excluding hydrogens is 494 g/mol. The molecule has 0 atom stereocenters. The van der Waals surface area contributed by atoms with E-state index in [4.69, 9.17) is 4.74 Å². The first kappa shape index (κ1) is 22.7. The van der Waals surface area contributed by atoms with Crippen molar-refractivity contribution < 1.29 is 14.3 Å². The van der Waals surface area contributed by atoms with Crippen molar-refractivity contribution >= 4 is 44.1 Å². The molecule has 8 nitrogen and oxygen atoms in total. The molecule has 170 valence electrons. The Balaban J connectivity index is 1.53. The number of rotatable bonds is 7. The average molecular weight is 520 g/mol. The second-order valence-electron chi connectivity index (χ2n) is 7.87. The van der Waals surface area contributed by atoms with Crippen LogP contribution in [0.1, 0.15) is 68.9 Å². The van der Waals surface area contributed by atoms with E-state index in [-0.39, 0.29) is 17.6 Å². The standard InChI is InChI=1S/C22H26BrN5O3S/c1-4-11-31-22(30)18-15-7-5-6-8-17(15)32-21(18)24-20(29)16-9-10-27(26-16)12-28-14(3)19(23)13(2)25-28/h9-10H,4-8,11-12H2,1-3H3,(H,24,29). The number of hydrogen-bond acceptors (Lipinski definition) is 6. The fourth-order valence-electron chi connectivity index (χ4n) is 3.82. The Morgan fingerprint density at radius 3 is 2.75 bits per heavy atom. The van der Waals surface area contributed by atoms with E-state index in [1.807, 2.05) is 25.5 Å². The van der Waals surface area contributed by atoms with Crippen LogP contribution in [0.15, 0.2) is 16.7 Å². The molecule has 0 bridgehead atoms. The van der Waals surface area contributed by atoms with Gasteiger partial charge in [0, 0.05) is 11.1 Å². The lowest BCUT2D eigenvalue weighted by Crippen LogP contribution is -2.17. The van der Waals surface area contributed by atoms with Crippen LogP contribution in [0.2, 0.25) is 0 Å². The van der Waals surface area contributed by atoms with Crippen LogP contribution in [0.4, 0.5) is 5.00 Å². The Kier molecular flexibility index (Phi) is 6.80. The Morgan fingerprint density at radius 2 is 2.03 bits per heavy atom. The third kappa shape index (κ3) is 4.52. The van der Waals surface area contributed by atoms with Crippen molar-refractivity contribution in [3.63, 3.8) is 0 Å². The van der Waals surface area contributed by atoms with Gasteiger partial charge in [0.2, 0.25) is 0 Å². The summed E-state index contributed by atoms with van der Waals surface area (Å²) < 4.78 is 9.86. The lowest BCUT2D eigenvalue weighted by Gasteiger charge is -2.12. The highest BCUT2D eigenvalue weighted by atomic mass is 79.9. The van der Waals surface area contributed by atoms with Crippen molar-refractivity contribution in [1.82, 2.24) is 19.6 Å². The average Bonchev–Trinajstić information content (AvgIpc) is 3.45. The molecule has 0 saturated carbocycles. The predicted molar refractivity (Wildman–Crippen MR) is 127 cm³/mol. The van der Waals surface area contributed by atoms with E-state index in [1.165, 1.54) is 11.3 Å². The number of amides is 1. The van der Waals surface area contributed by atoms with Gasteiger partial charge in [0.25, 0.3) is 5.91 Å². The van der Waals surface area contributed by atoms with Gasteiger partial charge in [0.05, 0.1) is 28.0 Å². The molecule has 0 unspecified atom stereocenters. The number of halogens is 1. The molecule has 0 radical (unpaired) electrons. The van der Waals surface area contributed by atoms with E-state index in [0.717, 1.165) is 58.4 Å². The van der Waals surface area contributed by atoms with Gasteiger partial charge in [-0.15, -0.1) is 11.3 Å². The fourth-order valence-corrected chi connectivity index (χ4v) is 5.37. The third-order valence-corrected chi connectivity index (χ3v) is 7.84. The van der Waals surface area contributed by atoms with Crippen molar-refractivity contribution in [1.29, 1.82) is 0 Å². The quantitative estimate of drug-likeness (QED) is 0.455. The van der Waals surface area contributed by atoms with Gasteiger partial charge in [0.15, 0.2) is 5.69 Å². The van der Waals surface area contributed by atoms with E-state index in [1.54, 1.807) is 16.9 Å². The zero-order chi connectivity index (χ0) is 22.8. The largest absolute Gasteiger partial charge is 0.462 e. The lowest BCUT2D eigenvalue weighted by atomic mass is 9.95. The minimum Gasteiger partial charge on any atom is -0.462 e. The molecule has 3 aromatic heterocycles. The Hall–Kier alpha value is -2.46. The van der Waals surface area contributed by atoms with Crippen LogP contribution in [0, 0.1) is 13.8 Å². The SMILES string of the molecule is CCCOC(=O)c1c(NC(=O)c2ccn(Cn3nc(C)c(Br)c3C)n2)sc2c1CCCC2. The first-order valence-electron chi connectivity index (χ1n) is 10.7. The van der Waals surface area contributed by atoms with Crippen LogP contribution in [-0.2, 0) is 24.2 Å². The summed E-state index contributed by atoms with van der Waals surface area (Å²) >= 11 is 5.00. The monoisotopic (exact) mass is 519 g/mol. The van der Waals surface area contributed by atoms with Gasteiger partial charge in [-0.25, -0.2) is 9.48 Å². The molecule has 4 rings (SSSR count). The molecule has 1 aliphatic carbocycles. The Labute approximate surface area is 199 Å². The van der Waals surface area contributed by atoms with Crippen molar-refractivity contribution in [2.24, 2.45) is 0 Å². The van der Waals surface area contributed by atoms with Crippen molar-refractivity contribution in [2.75, 3.05) is 11.9 Å². The molecule has 0 saturated heterocycles. The van der Waals surface area contributed by atoms with Crippen molar-refractivity contribution in [3.8, 4) is 0 Å². The lowest BCUT2D eigenvalue weighted by molar-refractivity contribution is 0.0505. The van der Waals surface area contributed by atoms with E-state index in [0.29, 0.717) is 23.8 Å². The van der Waals surface area contributed by atoms with Crippen LogP contribution in [0.25, 0.3) is 0 Å². The number of aryl methyl sites for hydroxylation is 2. The summed E-state index contributed by atoms with van der Waals surface area (Å²) in [5.41, 5.74) is 3.71. The molecule has 3 aromatic rings. The van der Waals surface area contributed by atoms with Crippen LogP contribution < -0.4 is 5.32 Å². The summed E-state index contributed by atoms with van der Waals surface area (Å²) in [4.78, 5) is 26.9. The molecule has 10 heteroatoms. The summed E-state index contributed by atoms with van der Waals surface area (Å²) in [7, 11) is 0. The highest BCUT2D eigenvalue weighted by Crippen LogP contribution is 2.38. The van der Waals surface area contributed by atoms with E-state index in [2.05, 4.69) is 31.4 Å². The third-order valence-electron chi connectivity index (χ3n) is 5.49. The Morgan fingerprint density at radius 1 is 1.25 bits per heavy atom. The number of aromatic nitrogens is 4. The summed E-state index contributed by atoms with van der Waals surface area (Å²) in [5.74, 6) is -0.705. The second-order valence-corrected chi connectivity index (χ2v) is 9.77. The fraction of sp³-hybridized carbons (Fsp3) is 0.455. The molecule has 0 aliphatic heterocycles. The number of ether oxygens (including phenoxy) is 1. The highest BCUT2D eigenvalue weighted by molar-refractivity contribution is 9.10. The molecule has 1 amide bonds. The zero-order valence-corrected chi connectivity index (χ0v) is 20.8. The predicted octanol–water partition coefficient (Wildman–Crippen LogP) is 4.72. The van der Waals surface area contributed by atoms with E-state index < -0.39 is 0 Å². The number of nitrogens with one attached hydrogen (secondary N) is 1. The minimum atomic E-state index is -0.359. The van der Waals surface area contributed by atoms with Crippen LogP contribution in [0.5, 0.6) is 0 Å². The number of fused-ring (bicyclic) bond motifs is 1. The number of carbonyl (C=O) groups is 2. The summed E-state index contributed by atoms with van der Waals surface area (Å²) in [6.07, 6.45) is 6.40. The van der Waals surface area contributed by atoms with Gasteiger partial charge in [0.1, 0.15) is 11.7 Å². The number of carbonyl (C=O) groups excluding carboxylic acids is 2. The van der Waals surface area contributed by atoms with Crippen molar-refractivity contribution in [3.05, 3.63) is 49.8 Å². The second kappa shape index (κ2) is 9.58. The summed E-state index contributed by atoms with van der Waals surface area (Å²) in [6, 6.07) is 1.67. The zero-order valence-electron chi connectivity index (χ0n) is 18.4. The summed E-state index contributed by atoms with van der Waals surface area (Å²) in [5, 5.41) is 12.4. The van der Waals surface area contributed by atoms with Crippen LogP contribution in [0.3, 0.4) is 0 Å². The number of nitrogens with zero attached hydrogens (tertiary/aromatic N) is 4. The van der Waals surface area contributed by atoms with Crippen molar-refractivity contribution in [2.45, 2.75) is 59.5 Å². The van der Waals surface area contributed by atoms with Gasteiger partial charge in [-0.05, 0) is 73.5 Å². The smallest absolute Gasteiger partial charge is 0.341 e. The van der Waals surface area contributed by atoms with Gasteiger partial charge in [-0.1, -0.05) is 6.92 Å². The minimum absolute atomic E-state index is 0.282. The topological polar surface area (TPSA) is 91.0 Å². The van der Waals surface area contributed by atoms with Gasteiger partial charge >= 0.3 is 5.97 Å². The molecule has 0 spiro atoms. The molecule has 0 fully saturated rings. The molecule has 3 heterocycles. The van der Waals surface area contributed by atoms with E-state index >= 15 is 0 Å². The molecule has 0 aromatic carbocycles.